The van der Waals surface area contributed by atoms with E-state index >= 15 is 0 Å². The van der Waals surface area contributed by atoms with Crippen LogP contribution >= 0.6 is 0 Å². The van der Waals surface area contributed by atoms with Crippen molar-refractivity contribution in [2.75, 3.05) is 6.61 Å². The number of piperidine rings is 1. The van der Waals surface area contributed by atoms with Gasteiger partial charge in [-0.2, -0.15) is 0 Å². The minimum Gasteiger partial charge on any atom is -0.455 e. The number of likely N-dealkylation sites (tertiary alicyclic amines) is 1. The first-order valence-corrected chi connectivity index (χ1v) is 9.68. The van der Waals surface area contributed by atoms with Gasteiger partial charge in [0.2, 0.25) is 0 Å². The highest BCUT2D eigenvalue weighted by atomic mass is 19.1. The molecule has 1 amide bonds. The Kier molecular flexibility index (Phi) is 5.64. The number of amides is 1. The minimum absolute atomic E-state index is 0.134. The Bertz CT molecular complexity index is 659. The summed E-state index contributed by atoms with van der Waals surface area (Å²) in [5.74, 6) is -0.884. The molecule has 0 bridgehead atoms. The third kappa shape index (κ3) is 3.62. The number of esters is 1. The summed E-state index contributed by atoms with van der Waals surface area (Å²) in [6, 6.07) is 6.55. The molecule has 1 heterocycles. The van der Waals surface area contributed by atoms with Gasteiger partial charge in [-0.25, -0.2) is 4.39 Å². The fourth-order valence-corrected chi connectivity index (χ4v) is 4.63. The van der Waals surface area contributed by atoms with Gasteiger partial charge in [0.05, 0.1) is 5.41 Å². The van der Waals surface area contributed by atoms with E-state index in [1.165, 1.54) is 12.1 Å². The first kappa shape index (κ1) is 18.9. The normalized spacial score (nSPS) is 25.1. The van der Waals surface area contributed by atoms with Gasteiger partial charge in [0.25, 0.3) is 5.91 Å². The largest absolute Gasteiger partial charge is 0.455 e. The number of halogens is 1. The molecule has 0 spiro atoms. The molecule has 2 aliphatic rings. The Morgan fingerprint density at radius 1 is 1.15 bits per heavy atom. The van der Waals surface area contributed by atoms with Crippen LogP contribution < -0.4 is 0 Å². The molecule has 5 heteroatoms. The monoisotopic (exact) mass is 361 g/mol. The van der Waals surface area contributed by atoms with Crippen LogP contribution in [0.3, 0.4) is 0 Å². The number of nitrogens with zero attached hydrogens (tertiary/aromatic N) is 1. The average molecular weight is 361 g/mol. The highest BCUT2D eigenvalue weighted by Crippen LogP contribution is 2.42. The zero-order chi connectivity index (χ0) is 18.7. The molecular weight excluding hydrogens is 333 g/mol. The SMILES string of the molecule is C[C@@H]1CCC[C@@H](C)N1C(=O)COC(=O)C1(c2cccc(F)c2)CCCC1. The Morgan fingerprint density at radius 2 is 1.81 bits per heavy atom. The van der Waals surface area contributed by atoms with Crippen LogP contribution in [0.2, 0.25) is 0 Å². The average Bonchev–Trinajstić information content (AvgIpc) is 3.10. The molecule has 26 heavy (non-hydrogen) atoms. The van der Waals surface area contributed by atoms with Crippen molar-refractivity contribution < 1.29 is 18.7 Å². The first-order chi connectivity index (χ1) is 12.4. The number of carbonyl (C=O) groups is 2. The van der Waals surface area contributed by atoms with E-state index < -0.39 is 11.4 Å². The molecular formula is C21H28FNO3. The number of rotatable bonds is 4. The second-order valence-electron chi connectivity index (χ2n) is 7.81. The van der Waals surface area contributed by atoms with E-state index in [1.54, 1.807) is 12.1 Å². The van der Waals surface area contributed by atoms with Gasteiger partial charge in [-0.1, -0.05) is 25.0 Å². The molecule has 142 valence electrons. The molecule has 1 aromatic carbocycles. The van der Waals surface area contributed by atoms with Crippen LogP contribution in [0.25, 0.3) is 0 Å². The molecule has 1 saturated heterocycles. The summed E-state index contributed by atoms with van der Waals surface area (Å²) >= 11 is 0. The second kappa shape index (κ2) is 7.77. The standard InChI is InChI=1S/C21H28FNO3/c1-15-7-5-8-16(2)23(15)19(24)14-26-20(25)21(11-3-4-12-21)17-9-6-10-18(22)13-17/h6,9-10,13,15-16H,3-5,7-8,11-12,14H2,1-2H3/t15-,16-/m1/s1. The van der Waals surface area contributed by atoms with Crippen molar-refractivity contribution in [3.8, 4) is 0 Å². The second-order valence-corrected chi connectivity index (χ2v) is 7.81. The highest BCUT2D eigenvalue weighted by Gasteiger charge is 2.44. The summed E-state index contributed by atoms with van der Waals surface area (Å²) in [5, 5.41) is 0. The first-order valence-electron chi connectivity index (χ1n) is 9.68. The summed E-state index contributed by atoms with van der Waals surface area (Å²) in [5.41, 5.74) is -0.159. The van der Waals surface area contributed by atoms with E-state index in [4.69, 9.17) is 4.74 Å². The fraction of sp³-hybridized carbons (Fsp3) is 0.619. The van der Waals surface area contributed by atoms with E-state index in [0.717, 1.165) is 32.1 Å². The van der Waals surface area contributed by atoms with Gasteiger partial charge in [0.1, 0.15) is 5.82 Å². The van der Waals surface area contributed by atoms with Crippen molar-refractivity contribution in [2.45, 2.75) is 76.3 Å². The predicted molar refractivity (Wildman–Crippen MR) is 97.1 cm³/mol. The van der Waals surface area contributed by atoms with Crippen LogP contribution in [-0.4, -0.2) is 35.5 Å². The van der Waals surface area contributed by atoms with Crippen LogP contribution in [-0.2, 0) is 19.7 Å². The molecule has 2 atom stereocenters. The number of benzene rings is 1. The Hall–Kier alpha value is -1.91. The molecule has 0 radical (unpaired) electrons. The lowest BCUT2D eigenvalue weighted by atomic mass is 9.79. The molecule has 4 nitrogen and oxygen atoms in total. The summed E-state index contributed by atoms with van der Waals surface area (Å²) in [6.45, 7) is 3.85. The lowest BCUT2D eigenvalue weighted by Gasteiger charge is -2.39. The van der Waals surface area contributed by atoms with Gasteiger partial charge < -0.3 is 9.64 Å². The summed E-state index contributed by atoms with van der Waals surface area (Å²) in [7, 11) is 0. The fourth-order valence-electron chi connectivity index (χ4n) is 4.63. The minimum atomic E-state index is -0.818. The van der Waals surface area contributed by atoms with Crippen molar-refractivity contribution in [3.05, 3.63) is 35.6 Å². The van der Waals surface area contributed by atoms with Gasteiger partial charge in [0, 0.05) is 12.1 Å². The van der Waals surface area contributed by atoms with E-state index in [9.17, 15) is 14.0 Å². The van der Waals surface area contributed by atoms with Crippen LogP contribution in [0.1, 0.15) is 64.4 Å². The van der Waals surface area contributed by atoms with Gasteiger partial charge in [-0.3, -0.25) is 9.59 Å². The van der Waals surface area contributed by atoms with Crippen LogP contribution in [0.4, 0.5) is 4.39 Å². The number of ether oxygens (including phenoxy) is 1. The lowest BCUT2D eigenvalue weighted by Crippen LogP contribution is -2.49. The summed E-state index contributed by atoms with van der Waals surface area (Å²) < 4.78 is 19.2. The van der Waals surface area contributed by atoms with Gasteiger partial charge in [-0.15, -0.1) is 0 Å². The van der Waals surface area contributed by atoms with E-state index in [2.05, 4.69) is 0 Å². The molecule has 3 rings (SSSR count). The maximum absolute atomic E-state index is 13.7. The Morgan fingerprint density at radius 3 is 2.42 bits per heavy atom. The van der Waals surface area contributed by atoms with Crippen LogP contribution in [0.15, 0.2) is 24.3 Å². The van der Waals surface area contributed by atoms with Crippen molar-refractivity contribution in [1.29, 1.82) is 0 Å². The molecule has 1 saturated carbocycles. The maximum atomic E-state index is 13.7. The lowest BCUT2D eigenvalue weighted by molar-refractivity contribution is -0.159. The zero-order valence-corrected chi connectivity index (χ0v) is 15.7. The van der Waals surface area contributed by atoms with Gasteiger partial charge in [0.15, 0.2) is 6.61 Å². The van der Waals surface area contributed by atoms with Gasteiger partial charge in [-0.05, 0) is 63.6 Å². The molecule has 1 aliphatic carbocycles. The van der Waals surface area contributed by atoms with E-state index in [0.29, 0.717) is 18.4 Å². The van der Waals surface area contributed by atoms with E-state index in [-0.39, 0.29) is 30.4 Å². The Labute approximate surface area is 154 Å². The van der Waals surface area contributed by atoms with Crippen LogP contribution in [0.5, 0.6) is 0 Å². The predicted octanol–water partition coefficient (Wildman–Crippen LogP) is 3.97. The number of hydrogen-bond acceptors (Lipinski definition) is 3. The molecule has 0 aromatic heterocycles. The summed E-state index contributed by atoms with van der Waals surface area (Å²) in [4.78, 5) is 27.4. The number of hydrogen-bond donors (Lipinski definition) is 0. The van der Waals surface area contributed by atoms with E-state index in [1.807, 2.05) is 18.7 Å². The number of carbonyl (C=O) groups excluding carboxylic acids is 2. The third-order valence-electron chi connectivity index (χ3n) is 6.03. The smallest absolute Gasteiger partial charge is 0.317 e. The van der Waals surface area contributed by atoms with Crippen molar-refractivity contribution in [3.63, 3.8) is 0 Å². The van der Waals surface area contributed by atoms with Crippen molar-refractivity contribution in [1.82, 2.24) is 4.90 Å². The topological polar surface area (TPSA) is 46.6 Å². The quantitative estimate of drug-likeness (QED) is 0.763. The van der Waals surface area contributed by atoms with Crippen LogP contribution in [0, 0.1) is 5.82 Å². The molecule has 1 aromatic rings. The summed E-state index contributed by atoms with van der Waals surface area (Å²) in [6.07, 6.45) is 6.17. The zero-order valence-electron chi connectivity index (χ0n) is 15.7. The molecule has 2 fully saturated rings. The maximum Gasteiger partial charge on any atom is 0.317 e. The van der Waals surface area contributed by atoms with Crippen molar-refractivity contribution in [2.24, 2.45) is 0 Å². The molecule has 0 N–H and O–H groups in total. The third-order valence-corrected chi connectivity index (χ3v) is 6.03. The Balaban J connectivity index is 1.70. The van der Waals surface area contributed by atoms with Gasteiger partial charge >= 0.3 is 5.97 Å². The van der Waals surface area contributed by atoms with Crippen molar-refractivity contribution >= 4 is 11.9 Å². The molecule has 0 unspecified atom stereocenters. The highest BCUT2D eigenvalue weighted by molar-refractivity contribution is 5.87. The molecule has 1 aliphatic heterocycles.